The van der Waals surface area contributed by atoms with Crippen molar-refractivity contribution >= 4 is 16.9 Å². The number of carbonyl (C=O) groups is 1. The first-order chi connectivity index (χ1) is 10.1. The van der Waals surface area contributed by atoms with Gasteiger partial charge in [-0.15, -0.1) is 0 Å². The first-order valence-corrected chi connectivity index (χ1v) is 5.99. The molecular formula is C14H10N2O5. The minimum atomic E-state index is -1.13. The monoisotopic (exact) mass is 286 g/mol. The molecule has 106 valence electrons. The van der Waals surface area contributed by atoms with Crippen LogP contribution in [0.1, 0.15) is 10.4 Å². The normalized spacial score (nSPS) is 10.7. The molecule has 0 radical (unpaired) electrons. The summed E-state index contributed by atoms with van der Waals surface area (Å²) in [6.07, 6.45) is 2.69. The van der Waals surface area contributed by atoms with E-state index < -0.39 is 5.97 Å². The van der Waals surface area contributed by atoms with Gasteiger partial charge >= 0.3 is 5.97 Å². The number of aromatic nitrogens is 2. The lowest BCUT2D eigenvalue weighted by Gasteiger charge is -2.00. The Bertz CT molecular complexity index is 894. The predicted octanol–water partition coefficient (Wildman–Crippen LogP) is 1.89. The van der Waals surface area contributed by atoms with Gasteiger partial charge in [0.15, 0.2) is 5.58 Å². The number of H-pyrrole nitrogens is 1. The van der Waals surface area contributed by atoms with Crippen molar-refractivity contribution in [3.05, 3.63) is 46.5 Å². The minimum absolute atomic E-state index is 0.0202. The second kappa shape index (κ2) is 4.78. The van der Waals surface area contributed by atoms with Crippen LogP contribution in [-0.4, -0.2) is 28.2 Å². The van der Waals surface area contributed by atoms with Crippen molar-refractivity contribution in [1.29, 1.82) is 0 Å². The van der Waals surface area contributed by atoms with E-state index in [1.54, 1.807) is 12.1 Å². The molecule has 0 saturated heterocycles. The SMILES string of the molecule is COc1ncc(C(=O)O)c2cc(-c3ccc[nH]c3=O)oc12. The summed E-state index contributed by atoms with van der Waals surface area (Å²) < 4.78 is 10.6. The lowest BCUT2D eigenvalue weighted by Crippen LogP contribution is -2.06. The molecular weight excluding hydrogens is 276 g/mol. The number of nitrogens with zero attached hydrogens (tertiary/aromatic N) is 1. The fraction of sp³-hybridized carbons (Fsp3) is 0.0714. The third-order valence-corrected chi connectivity index (χ3v) is 3.03. The van der Waals surface area contributed by atoms with Crippen LogP contribution in [0.15, 0.2) is 39.8 Å². The van der Waals surface area contributed by atoms with Crippen LogP contribution in [0.5, 0.6) is 5.88 Å². The van der Waals surface area contributed by atoms with Gasteiger partial charge in [0.25, 0.3) is 11.4 Å². The highest BCUT2D eigenvalue weighted by Crippen LogP contribution is 2.33. The number of hydrogen-bond acceptors (Lipinski definition) is 5. The molecule has 3 rings (SSSR count). The summed E-state index contributed by atoms with van der Waals surface area (Å²) in [7, 11) is 1.40. The summed E-state index contributed by atoms with van der Waals surface area (Å²) in [6.45, 7) is 0. The van der Waals surface area contributed by atoms with Gasteiger partial charge in [-0.25, -0.2) is 9.78 Å². The van der Waals surface area contributed by atoms with E-state index in [1.807, 2.05) is 0 Å². The summed E-state index contributed by atoms with van der Waals surface area (Å²) in [4.78, 5) is 29.5. The summed E-state index contributed by atoms with van der Waals surface area (Å²) in [5.41, 5.74) is 0.135. The highest BCUT2D eigenvalue weighted by Gasteiger charge is 2.19. The third kappa shape index (κ3) is 2.04. The third-order valence-electron chi connectivity index (χ3n) is 3.03. The van der Waals surface area contributed by atoms with E-state index in [4.69, 9.17) is 9.15 Å². The smallest absolute Gasteiger partial charge is 0.338 e. The zero-order valence-corrected chi connectivity index (χ0v) is 10.9. The largest absolute Gasteiger partial charge is 0.478 e. The van der Waals surface area contributed by atoms with Crippen molar-refractivity contribution in [2.45, 2.75) is 0 Å². The highest BCUT2D eigenvalue weighted by molar-refractivity contribution is 6.04. The van der Waals surface area contributed by atoms with Crippen LogP contribution in [0, 0.1) is 0 Å². The van der Waals surface area contributed by atoms with E-state index in [9.17, 15) is 14.7 Å². The van der Waals surface area contributed by atoms with Gasteiger partial charge in [-0.3, -0.25) is 4.79 Å². The molecule has 0 spiro atoms. The zero-order chi connectivity index (χ0) is 15.0. The predicted molar refractivity (Wildman–Crippen MR) is 73.6 cm³/mol. The molecule has 21 heavy (non-hydrogen) atoms. The molecule has 0 aliphatic heterocycles. The molecule has 3 heterocycles. The summed E-state index contributed by atoms with van der Waals surface area (Å²) >= 11 is 0. The number of carboxylic acids is 1. The molecule has 2 N–H and O–H groups in total. The van der Waals surface area contributed by atoms with E-state index in [1.165, 1.54) is 25.6 Å². The van der Waals surface area contributed by atoms with E-state index >= 15 is 0 Å². The number of aromatic carboxylic acids is 1. The quantitative estimate of drug-likeness (QED) is 0.761. The molecule has 0 fully saturated rings. The Morgan fingerprint density at radius 1 is 1.48 bits per heavy atom. The molecule has 0 bridgehead atoms. The molecule has 0 aromatic carbocycles. The number of rotatable bonds is 3. The Morgan fingerprint density at radius 3 is 2.95 bits per heavy atom. The van der Waals surface area contributed by atoms with Gasteiger partial charge in [0.2, 0.25) is 0 Å². The molecule has 7 nitrogen and oxygen atoms in total. The van der Waals surface area contributed by atoms with Crippen LogP contribution >= 0.6 is 0 Å². The van der Waals surface area contributed by atoms with Crippen LogP contribution < -0.4 is 10.3 Å². The molecule has 3 aromatic heterocycles. The number of pyridine rings is 2. The van der Waals surface area contributed by atoms with Gasteiger partial charge in [0.05, 0.1) is 18.2 Å². The topological polar surface area (TPSA) is 105 Å². The summed E-state index contributed by atoms with van der Waals surface area (Å²) in [6, 6.07) is 4.72. The van der Waals surface area contributed by atoms with Gasteiger partial charge in [-0.2, -0.15) is 0 Å². The number of ether oxygens (including phenoxy) is 1. The first-order valence-electron chi connectivity index (χ1n) is 5.99. The van der Waals surface area contributed by atoms with Crippen LogP contribution in [0.2, 0.25) is 0 Å². The zero-order valence-electron chi connectivity index (χ0n) is 10.9. The van der Waals surface area contributed by atoms with Crippen molar-refractivity contribution in [2.75, 3.05) is 7.11 Å². The Hall–Kier alpha value is -3.09. The lowest BCUT2D eigenvalue weighted by molar-refractivity contribution is 0.0698. The van der Waals surface area contributed by atoms with Crippen molar-refractivity contribution < 1.29 is 19.1 Å². The standard InChI is InChI=1S/C14H10N2O5/c1-20-13-11-8(9(6-16-13)14(18)19)5-10(21-11)7-3-2-4-15-12(7)17/h2-6H,1H3,(H,15,17)(H,18,19). The minimum Gasteiger partial charge on any atom is -0.478 e. The second-order valence-electron chi connectivity index (χ2n) is 4.25. The number of aromatic amines is 1. The molecule has 0 aliphatic carbocycles. The summed E-state index contributed by atoms with van der Waals surface area (Å²) in [5.74, 6) is -0.723. The maximum atomic E-state index is 11.8. The fourth-order valence-corrected chi connectivity index (χ4v) is 2.07. The average Bonchev–Trinajstić information content (AvgIpc) is 2.91. The van der Waals surface area contributed by atoms with Crippen molar-refractivity contribution in [2.24, 2.45) is 0 Å². The number of furan rings is 1. The first kappa shape index (κ1) is 12.9. The molecule has 7 heteroatoms. The van der Waals surface area contributed by atoms with Crippen LogP contribution in [0.25, 0.3) is 22.3 Å². The Kier molecular flexibility index (Phi) is 2.94. The van der Waals surface area contributed by atoms with Gasteiger partial charge in [0, 0.05) is 17.8 Å². The number of hydrogen-bond donors (Lipinski definition) is 2. The number of nitrogens with one attached hydrogen (secondary N) is 1. The Balaban J connectivity index is 2.33. The second-order valence-corrected chi connectivity index (χ2v) is 4.25. The Labute approximate surface area is 117 Å². The van der Waals surface area contributed by atoms with E-state index in [-0.39, 0.29) is 28.3 Å². The van der Waals surface area contributed by atoms with E-state index in [0.29, 0.717) is 10.9 Å². The van der Waals surface area contributed by atoms with Gasteiger partial charge in [-0.05, 0) is 18.2 Å². The molecule has 0 atom stereocenters. The fourth-order valence-electron chi connectivity index (χ4n) is 2.07. The van der Waals surface area contributed by atoms with E-state index in [2.05, 4.69) is 9.97 Å². The molecule has 0 amide bonds. The number of fused-ring (bicyclic) bond motifs is 1. The maximum absolute atomic E-state index is 11.8. The van der Waals surface area contributed by atoms with Crippen LogP contribution in [0.4, 0.5) is 0 Å². The van der Waals surface area contributed by atoms with Gasteiger partial charge < -0.3 is 19.2 Å². The number of carboxylic acid groups (broad SMARTS) is 1. The Morgan fingerprint density at radius 2 is 2.29 bits per heavy atom. The maximum Gasteiger partial charge on any atom is 0.338 e. The van der Waals surface area contributed by atoms with E-state index in [0.717, 1.165) is 0 Å². The lowest BCUT2D eigenvalue weighted by atomic mass is 10.1. The molecule has 0 saturated carbocycles. The van der Waals surface area contributed by atoms with Crippen molar-refractivity contribution in [3.8, 4) is 17.2 Å². The van der Waals surface area contributed by atoms with Gasteiger partial charge in [0.1, 0.15) is 5.76 Å². The summed E-state index contributed by atoms with van der Waals surface area (Å²) in [5, 5.41) is 9.52. The number of methoxy groups -OCH3 is 1. The van der Waals surface area contributed by atoms with Crippen LogP contribution in [0.3, 0.4) is 0 Å². The van der Waals surface area contributed by atoms with Crippen molar-refractivity contribution in [1.82, 2.24) is 9.97 Å². The van der Waals surface area contributed by atoms with Crippen LogP contribution in [-0.2, 0) is 0 Å². The molecule has 3 aromatic rings. The molecule has 0 aliphatic rings. The van der Waals surface area contributed by atoms with Gasteiger partial charge in [-0.1, -0.05) is 0 Å². The van der Waals surface area contributed by atoms with Crippen molar-refractivity contribution in [3.63, 3.8) is 0 Å². The molecule has 0 unspecified atom stereocenters. The highest BCUT2D eigenvalue weighted by atomic mass is 16.5. The average molecular weight is 286 g/mol.